The van der Waals surface area contributed by atoms with Crippen LogP contribution in [0.4, 0.5) is 8.78 Å². The molecule has 0 fully saturated rings. The Bertz CT molecular complexity index is 498. The van der Waals surface area contributed by atoms with Crippen molar-refractivity contribution in [2.45, 2.75) is 26.3 Å². The molecule has 1 atom stereocenters. The number of hydrogen-bond acceptors (Lipinski definition) is 3. The van der Waals surface area contributed by atoms with Crippen LogP contribution in [0.15, 0.2) is 23.4 Å². The molecule has 0 spiro atoms. The van der Waals surface area contributed by atoms with Gasteiger partial charge in [0.2, 0.25) is 5.91 Å². The molecule has 4 N–H and O–H groups in total. The number of carbonyl (C=O) groups is 1. The lowest BCUT2D eigenvalue weighted by Gasteiger charge is -2.21. The molecule has 0 aliphatic rings. The van der Waals surface area contributed by atoms with Crippen molar-refractivity contribution in [3.63, 3.8) is 0 Å². The Morgan fingerprint density at radius 2 is 1.95 bits per heavy atom. The first-order chi connectivity index (χ1) is 9.36. The van der Waals surface area contributed by atoms with Crippen LogP contribution in [0.5, 0.6) is 0 Å². The third-order valence-electron chi connectivity index (χ3n) is 2.82. The molecule has 0 aliphatic carbocycles. The number of nitrogens with zero attached hydrogens (tertiary/aromatic N) is 1. The lowest BCUT2D eigenvalue weighted by Crippen LogP contribution is -2.48. The van der Waals surface area contributed by atoms with Gasteiger partial charge in [-0.1, -0.05) is 25.1 Å². The average molecular weight is 285 g/mol. The molecule has 0 saturated carbocycles. The van der Waals surface area contributed by atoms with Crippen LogP contribution in [-0.4, -0.2) is 23.0 Å². The summed E-state index contributed by atoms with van der Waals surface area (Å²) in [5.41, 5.74) is 5.14. The Kier molecular flexibility index (Phi) is 5.42. The van der Waals surface area contributed by atoms with Gasteiger partial charge in [-0.05, 0) is 18.1 Å². The fourth-order valence-corrected chi connectivity index (χ4v) is 1.73. The van der Waals surface area contributed by atoms with Gasteiger partial charge in [-0.25, -0.2) is 8.78 Å². The number of hydrogen-bond donors (Lipinski definition) is 3. The third kappa shape index (κ3) is 3.91. The first-order valence-corrected chi connectivity index (χ1v) is 6.06. The van der Waals surface area contributed by atoms with Gasteiger partial charge in [-0.2, -0.15) is 0 Å². The number of rotatable bonds is 5. The summed E-state index contributed by atoms with van der Waals surface area (Å²) in [7, 11) is 0. The van der Waals surface area contributed by atoms with Gasteiger partial charge in [0.15, 0.2) is 5.84 Å². The SMILES string of the molecule is CC(C)C(NC(=O)Cc1c(F)cccc1F)/C(N)=N/O. The molecule has 0 saturated heterocycles. The molecule has 110 valence electrons. The normalized spacial score (nSPS) is 13.3. The summed E-state index contributed by atoms with van der Waals surface area (Å²) in [4.78, 5) is 11.8. The van der Waals surface area contributed by atoms with Gasteiger partial charge in [0.25, 0.3) is 0 Å². The topological polar surface area (TPSA) is 87.7 Å². The van der Waals surface area contributed by atoms with Crippen LogP contribution in [0.2, 0.25) is 0 Å². The highest BCUT2D eigenvalue weighted by molar-refractivity contribution is 5.90. The van der Waals surface area contributed by atoms with Crippen molar-refractivity contribution in [1.29, 1.82) is 0 Å². The summed E-state index contributed by atoms with van der Waals surface area (Å²) in [6.45, 7) is 3.51. The van der Waals surface area contributed by atoms with Crippen molar-refractivity contribution in [3.05, 3.63) is 35.4 Å². The molecular weight excluding hydrogens is 268 g/mol. The highest BCUT2D eigenvalue weighted by Crippen LogP contribution is 2.13. The minimum absolute atomic E-state index is 0.139. The van der Waals surface area contributed by atoms with E-state index in [2.05, 4.69) is 10.5 Å². The largest absolute Gasteiger partial charge is 0.409 e. The number of carbonyl (C=O) groups excluding carboxylic acids is 1. The van der Waals surface area contributed by atoms with Crippen LogP contribution >= 0.6 is 0 Å². The molecule has 0 radical (unpaired) electrons. The molecular formula is C13H17F2N3O2. The van der Waals surface area contributed by atoms with E-state index in [4.69, 9.17) is 10.9 Å². The zero-order valence-electron chi connectivity index (χ0n) is 11.2. The Hall–Kier alpha value is -2.18. The van der Waals surface area contributed by atoms with Gasteiger partial charge in [-0.15, -0.1) is 0 Å². The number of benzene rings is 1. The Morgan fingerprint density at radius 1 is 1.40 bits per heavy atom. The molecule has 1 aromatic rings. The molecule has 0 aliphatic heterocycles. The maximum atomic E-state index is 13.4. The molecule has 20 heavy (non-hydrogen) atoms. The van der Waals surface area contributed by atoms with E-state index in [0.29, 0.717) is 0 Å². The highest BCUT2D eigenvalue weighted by Gasteiger charge is 2.22. The van der Waals surface area contributed by atoms with E-state index in [1.807, 2.05) is 0 Å². The van der Waals surface area contributed by atoms with Crippen LogP contribution in [0.3, 0.4) is 0 Å². The Labute approximate surface area is 115 Å². The fourth-order valence-electron chi connectivity index (χ4n) is 1.73. The standard InChI is InChI=1S/C13H17F2N3O2/c1-7(2)12(13(16)18-20)17-11(19)6-8-9(14)4-3-5-10(8)15/h3-5,7,12,20H,6H2,1-2H3,(H2,16,18)(H,17,19). The molecule has 0 heterocycles. The molecule has 5 nitrogen and oxygen atoms in total. The molecule has 1 rings (SSSR count). The summed E-state index contributed by atoms with van der Waals surface area (Å²) in [6, 6.07) is 2.67. The molecule has 0 bridgehead atoms. The average Bonchev–Trinajstić information content (AvgIpc) is 2.39. The predicted octanol–water partition coefficient (Wildman–Crippen LogP) is 1.39. The van der Waals surface area contributed by atoms with Gasteiger partial charge in [0.1, 0.15) is 11.6 Å². The fraction of sp³-hybridized carbons (Fsp3) is 0.385. The van der Waals surface area contributed by atoms with Crippen LogP contribution in [-0.2, 0) is 11.2 Å². The summed E-state index contributed by atoms with van der Waals surface area (Å²) in [5, 5.41) is 14.0. The van der Waals surface area contributed by atoms with E-state index in [0.717, 1.165) is 12.1 Å². The van der Waals surface area contributed by atoms with Crippen molar-refractivity contribution >= 4 is 11.7 Å². The zero-order valence-corrected chi connectivity index (χ0v) is 11.2. The first-order valence-electron chi connectivity index (χ1n) is 6.06. The second kappa shape index (κ2) is 6.83. The van der Waals surface area contributed by atoms with Crippen molar-refractivity contribution in [1.82, 2.24) is 5.32 Å². The number of amides is 1. The monoisotopic (exact) mass is 285 g/mol. The smallest absolute Gasteiger partial charge is 0.225 e. The van der Waals surface area contributed by atoms with E-state index in [1.165, 1.54) is 6.07 Å². The molecule has 1 unspecified atom stereocenters. The van der Waals surface area contributed by atoms with E-state index in [-0.39, 0.29) is 17.3 Å². The van der Waals surface area contributed by atoms with Gasteiger partial charge in [0, 0.05) is 5.56 Å². The number of oxime groups is 1. The molecule has 7 heteroatoms. The van der Waals surface area contributed by atoms with Gasteiger partial charge in [-0.3, -0.25) is 4.79 Å². The summed E-state index contributed by atoms with van der Waals surface area (Å²) >= 11 is 0. The van der Waals surface area contributed by atoms with Crippen LogP contribution < -0.4 is 11.1 Å². The number of halogens is 2. The van der Waals surface area contributed by atoms with Crippen LogP contribution in [0.1, 0.15) is 19.4 Å². The van der Waals surface area contributed by atoms with Gasteiger partial charge >= 0.3 is 0 Å². The molecule has 1 aromatic carbocycles. The van der Waals surface area contributed by atoms with E-state index >= 15 is 0 Å². The first kappa shape index (κ1) is 15.9. The summed E-state index contributed by atoms with van der Waals surface area (Å²) < 4.78 is 26.8. The van der Waals surface area contributed by atoms with E-state index < -0.39 is 30.0 Å². The molecule has 0 aromatic heterocycles. The lowest BCUT2D eigenvalue weighted by atomic mass is 10.0. The number of nitrogens with two attached hydrogens (primary N) is 1. The maximum absolute atomic E-state index is 13.4. The minimum atomic E-state index is -0.787. The van der Waals surface area contributed by atoms with Gasteiger partial charge < -0.3 is 16.3 Å². The van der Waals surface area contributed by atoms with Crippen molar-refractivity contribution in [2.75, 3.05) is 0 Å². The summed E-state index contributed by atoms with van der Waals surface area (Å²) in [6.07, 6.45) is -0.458. The van der Waals surface area contributed by atoms with Crippen molar-refractivity contribution < 1.29 is 18.8 Å². The summed E-state index contributed by atoms with van der Waals surface area (Å²) in [5.74, 6) is -2.49. The molecule has 1 amide bonds. The number of amidine groups is 1. The lowest BCUT2D eigenvalue weighted by molar-refractivity contribution is -0.121. The Balaban J connectivity index is 2.81. The minimum Gasteiger partial charge on any atom is -0.409 e. The van der Waals surface area contributed by atoms with E-state index in [9.17, 15) is 13.6 Å². The second-order valence-corrected chi connectivity index (χ2v) is 4.69. The Morgan fingerprint density at radius 3 is 2.40 bits per heavy atom. The van der Waals surface area contributed by atoms with E-state index in [1.54, 1.807) is 13.8 Å². The van der Waals surface area contributed by atoms with Gasteiger partial charge in [0.05, 0.1) is 12.5 Å². The zero-order chi connectivity index (χ0) is 15.3. The number of nitrogens with one attached hydrogen (secondary N) is 1. The third-order valence-corrected chi connectivity index (χ3v) is 2.82. The van der Waals surface area contributed by atoms with Crippen molar-refractivity contribution in [2.24, 2.45) is 16.8 Å². The van der Waals surface area contributed by atoms with Crippen molar-refractivity contribution in [3.8, 4) is 0 Å². The van der Waals surface area contributed by atoms with Crippen LogP contribution in [0, 0.1) is 17.6 Å². The quantitative estimate of drug-likeness (QED) is 0.331. The maximum Gasteiger partial charge on any atom is 0.225 e. The second-order valence-electron chi connectivity index (χ2n) is 4.69. The predicted molar refractivity (Wildman–Crippen MR) is 70.2 cm³/mol. The van der Waals surface area contributed by atoms with Crippen LogP contribution in [0.25, 0.3) is 0 Å². The highest BCUT2D eigenvalue weighted by atomic mass is 19.1.